The van der Waals surface area contributed by atoms with Crippen LogP contribution >= 0.6 is 0 Å². The molecule has 3 rings (SSSR count). The molecule has 2 aliphatic carbocycles. The molecule has 1 heterocycles. The molecule has 1 saturated carbocycles. The van der Waals surface area contributed by atoms with E-state index in [1.807, 2.05) is 12.3 Å². The monoisotopic (exact) mass is 217 g/mol. The van der Waals surface area contributed by atoms with Gasteiger partial charge >= 0.3 is 0 Å². The van der Waals surface area contributed by atoms with Gasteiger partial charge in [-0.2, -0.15) is 0 Å². The van der Waals surface area contributed by atoms with E-state index >= 15 is 0 Å². The third kappa shape index (κ3) is 1.40. The largest absolute Gasteiger partial charge is 0.389 e. The van der Waals surface area contributed by atoms with Crippen molar-refractivity contribution in [2.75, 3.05) is 0 Å². The summed E-state index contributed by atoms with van der Waals surface area (Å²) >= 11 is 0. The topological polar surface area (TPSA) is 33.1 Å². The summed E-state index contributed by atoms with van der Waals surface area (Å²) in [5.74, 6) is 0.802. The molecule has 0 radical (unpaired) electrons. The fourth-order valence-electron chi connectivity index (χ4n) is 3.30. The van der Waals surface area contributed by atoms with Crippen LogP contribution in [0.2, 0.25) is 0 Å². The second-order valence-corrected chi connectivity index (χ2v) is 5.26. The number of hydrogen-bond donors (Lipinski definition) is 1. The van der Waals surface area contributed by atoms with E-state index in [0.29, 0.717) is 5.92 Å². The van der Waals surface area contributed by atoms with E-state index in [-0.39, 0.29) is 5.92 Å². The number of pyridine rings is 1. The van der Waals surface area contributed by atoms with Crippen LogP contribution in [0.5, 0.6) is 0 Å². The maximum absolute atomic E-state index is 10.9. The maximum atomic E-state index is 10.9. The Hall–Kier alpha value is -0.890. The van der Waals surface area contributed by atoms with Crippen molar-refractivity contribution in [3.8, 4) is 0 Å². The minimum atomic E-state index is -0.487. The van der Waals surface area contributed by atoms with Crippen LogP contribution in [0.25, 0.3) is 0 Å². The van der Waals surface area contributed by atoms with Crippen molar-refractivity contribution in [1.82, 2.24) is 4.98 Å². The summed E-state index contributed by atoms with van der Waals surface area (Å²) in [4.78, 5) is 4.50. The molecule has 1 aromatic rings. The highest BCUT2D eigenvalue weighted by Crippen LogP contribution is 2.52. The smallest absolute Gasteiger partial charge is 0.0756 e. The molecule has 0 aliphatic heterocycles. The SMILES string of the molecule is CCC(O)(C1CC1)C1CCc2cccnc21. The summed E-state index contributed by atoms with van der Waals surface area (Å²) in [7, 11) is 0. The Bertz CT molecular complexity index is 399. The first-order chi connectivity index (χ1) is 7.75. The van der Waals surface area contributed by atoms with Gasteiger partial charge in [0.25, 0.3) is 0 Å². The predicted octanol–water partition coefficient (Wildman–Crippen LogP) is 2.66. The molecule has 16 heavy (non-hydrogen) atoms. The Morgan fingerprint density at radius 2 is 2.25 bits per heavy atom. The van der Waals surface area contributed by atoms with Crippen LogP contribution in [0, 0.1) is 5.92 Å². The average molecular weight is 217 g/mol. The first-order valence-corrected chi connectivity index (χ1v) is 6.42. The standard InChI is InChI=1S/C14H19NO/c1-2-14(16,11-6-7-11)12-8-5-10-4-3-9-15-13(10)12/h3-4,9,11-12,16H,2,5-8H2,1H3. The van der Waals surface area contributed by atoms with Crippen molar-refractivity contribution in [2.45, 2.75) is 50.5 Å². The highest BCUT2D eigenvalue weighted by molar-refractivity contribution is 5.32. The fraction of sp³-hybridized carbons (Fsp3) is 0.643. The summed E-state index contributed by atoms with van der Waals surface area (Å²) < 4.78 is 0. The molecule has 2 unspecified atom stereocenters. The van der Waals surface area contributed by atoms with Crippen LogP contribution < -0.4 is 0 Å². The molecule has 86 valence electrons. The molecule has 1 fully saturated rings. The van der Waals surface area contributed by atoms with Crippen molar-refractivity contribution in [2.24, 2.45) is 5.92 Å². The normalized spacial score (nSPS) is 27.5. The lowest BCUT2D eigenvalue weighted by atomic mass is 9.79. The van der Waals surface area contributed by atoms with Gasteiger partial charge < -0.3 is 5.11 Å². The van der Waals surface area contributed by atoms with Crippen LogP contribution in [0.4, 0.5) is 0 Å². The van der Waals surface area contributed by atoms with E-state index in [1.165, 1.54) is 24.1 Å². The number of fused-ring (bicyclic) bond motifs is 1. The summed E-state index contributed by atoms with van der Waals surface area (Å²) in [6.45, 7) is 2.11. The number of aromatic nitrogens is 1. The van der Waals surface area contributed by atoms with Gasteiger partial charge in [-0.3, -0.25) is 4.98 Å². The third-order valence-electron chi connectivity index (χ3n) is 4.41. The molecule has 0 amide bonds. The van der Waals surface area contributed by atoms with Crippen LogP contribution in [0.3, 0.4) is 0 Å². The van der Waals surface area contributed by atoms with Crippen molar-refractivity contribution in [3.05, 3.63) is 29.6 Å². The predicted molar refractivity (Wildman–Crippen MR) is 63.3 cm³/mol. The zero-order chi connectivity index (χ0) is 11.2. The molecule has 0 saturated heterocycles. The van der Waals surface area contributed by atoms with E-state index in [1.54, 1.807) is 0 Å². The van der Waals surface area contributed by atoms with Gasteiger partial charge in [0.15, 0.2) is 0 Å². The first kappa shape index (κ1) is 10.3. The maximum Gasteiger partial charge on any atom is 0.0756 e. The van der Waals surface area contributed by atoms with E-state index in [0.717, 1.165) is 19.3 Å². The van der Waals surface area contributed by atoms with E-state index in [9.17, 15) is 5.11 Å². The molecular formula is C14H19NO. The van der Waals surface area contributed by atoms with Gasteiger partial charge in [-0.25, -0.2) is 0 Å². The number of nitrogens with zero attached hydrogens (tertiary/aromatic N) is 1. The van der Waals surface area contributed by atoms with Crippen molar-refractivity contribution in [3.63, 3.8) is 0 Å². The molecule has 1 N–H and O–H groups in total. The Labute approximate surface area is 96.7 Å². The minimum absolute atomic E-state index is 0.279. The Balaban J connectivity index is 1.96. The highest BCUT2D eigenvalue weighted by Gasteiger charge is 2.50. The zero-order valence-corrected chi connectivity index (χ0v) is 9.82. The van der Waals surface area contributed by atoms with Crippen LogP contribution in [-0.2, 0) is 6.42 Å². The van der Waals surface area contributed by atoms with Gasteiger partial charge in [-0.1, -0.05) is 13.0 Å². The second kappa shape index (κ2) is 3.56. The fourth-order valence-corrected chi connectivity index (χ4v) is 3.30. The molecule has 0 aromatic carbocycles. The van der Waals surface area contributed by atoms with Crippen molar-refractivity contribution < 1.29 is 5.11 Å². The number of hydrogen-bond acceptors (Lipinski definition) is 2. The van der Waals surface area contributed by atoms with Crippen LogP contribution in [-0.4, -0.2) is 15.7 Å². The second-order valence-electron chi connectivity index (χ2n) is 5.26. The zero-order valence-electron chi connectivity index (χ0n) is 9.82. The molecule has 0 bridgehead atoms. The summed E-state index contributed by atoms with van der Waals surface area (Å²) in [6.07, 6.45) is 7.28. The van der Waals surface area contributed by atoms with E-state index in [2.05, 4.69) is 18.0 Å². The summed E-state index contributed by atoms with van der Waals surface area (Å²) in [5.41, 5.74) is 2.03. The van der Waals surface area contributed by atoms with Crippen molar-refractivity contribution >= 4 is 0 Å². The Kier molecular flexibility index (Phi) is 2.28. The molecule has 1 aromatic heterocycles. The lowest BCUT2D eigenvalue weighted by Gasteiger charge is -2.33. The summed E-state index contributed by atoms with van der Waals surface area (Å²) in [6, 6.07) is 4.16. The molecule has 2 heteroatoms. The minimum Gasteiger partial charge on any atom is -0.389 e. The van der Waals surface area contributed by atoms with Crippen molar-refractivity contribution in [1.29, 1.82) is 0 Å². The quantitative estimate of drug-likeness (QED) is 0.844. The summed E-state index contributed by atoms with van der Waals surface area (Å²) in [5, 5.41) is 10.9. The van der Waals surface area contributed by atoms with Crippen LogP contribution in [0.15, 0.2) is 18.3 Å². The van der Waals surface area contributed by atoms with Gasteiger partial charge in [0.2, 0.25) is 0 Å². The van der Waals surface area contributed by atoms with Gasteiger partial charge in [0, 0.05) is 17.8 Å². The number of aliphatic hydroxyl groups is 1. The number of aryl methyl sites for hydroxylation is 1. The third-order valence-corrected chi connectivity index (χ3v) is 4.41. The van der Waals surface area contributed by atoms with Gasteiger partial charge in [-0.15, -0.1) is 0 Å². The lowest BCUT2D eigenvalue weighted by molar-refractivity contribution is -0.0145. The van der Waals surface area contributed by atoms with E-state index < -0.39 is 5.60 Å². The van der Waals surface area contributed by atoms with Crippen LogP contribution in [0.1, 0.15) is 49.8 Å². The van der Waals surface area contributed by atoms with Gasteiger partial charge in [0.05, 0.1) is 5.60 Å². The van der Waals surface area contributed by atoms with Gasteiger partial charge in [0.1, 0.15) is 0 Å². The molecule has 2 aliphatic rings. The number of rotatable bonds is 3. The van der Waals surface area contributed by atoms with E-state index in [4.69, 9.17) is 0 Å². The molecular weight excluding hydrogens is 198 g/mol. The highest BCUT2D eigenvalue weighted by atomic mass is 16.3. The lowest BCUT2D eigenvalue weighted by Crippen LogP contribution is -2.37. The molecule has 2 nitrogen and oxygen atoms in total. The molecule has 2 atom stereocenters. The first-order valence-electron chi connectivity index (χ1n) is 6.42. The Morgan fingerprint density at radius 1 is 1.44 bits per heavy atom. The molecule has 0 spiro atoms. The average Bonchev–Trinajstić information content (AvgIpc) is 3.08. The van der Waals surface area contributed by atoms with Gasteiger partial charge in [-0.05, 0) is 49.7 Å². The Morgan fingerprint density at radius 3 is 2.94 bits per heavy atom.